The summed E-state index contributed by atoms with van der Waals surface area (Å²) in [6.07, 6.45) is 0.120. The number of allylic oxidation sites excluding steroid dienone is 1. The van der Waals surface area contributed by atoms with E-state index in [4.69, 9.17) is 4.74 Å². The fourth-order valence-electron chi connectivity index (χ4n) is 3.02. The Morgan fingerprint density at radius 3 is 2.72 bits per heavy atom. The fraction of sp³-hybridized carbons (Fsp3) is 0.190. The number of methoxy groups -OCH3 is 1. The van der Waals surface area contributed by atoms with Crippen LogP contribution in [0.25, 0.3) is 0 Å². The van der Waals surface area contributed by atoms with Gasteiger partial charge in [-0.2, -0.15) is 5.26 Å². The van der Waals surface area contributed by atoms with Gasteiger partial charge >= 0.3 is 0 Å². The molecule has 0 radical (unpaired) electrons. The highest BCUT2D eigenvalue weighted by atomic mass is 32.2. The third kappa shape index (κ3) is 4.95. The first-order chi connectivity index (χ1) is 14.0. The second-order valence-electron chi connectivity index (χ2n) is 6.25. The van der Waals surface area contributed by atoms with Crippen LogP contribution in [0.3, 0.4) is 0 Å². The monoisotopic (exact) mass is 411 g/mol. The van der Waals surface area contributed by atoms with Crippen molar-refractivity contribution in [3.8, 4) is 11.8 Å². The van der Waals surface area contributed by atoms with E-state index < -0.39 is 11.7 Å². The number of ether oxygens (including phenoxy) is 1. The molecule has 148 valence electrons. The van der Waals surface area contributed by atoms with Gasteiger partial charge in [0, 0.05) is 23.6 Å². The van der Waals surface area contributed by atoms with E-state index in [1.54, 1.807) is 6.07 Å². The van der Waals surface area contributed by atoms with Crippen LogP contribution >= 0.6 is 11.8 Å². The number of hydrogen-bond acceptors (Lipinski definition) is 5. The van der Waals surface area contributed by atoms with E-state index in [9.17, 15) is 19.2 Å². The van der Waals surface area contributed by atoms with Crippen molar-refractivity contribution in [2.24, 2.45) is 0 Å². The number of thioether (sulfide) groups is 1. The zero-order valence-electron chi connectivity index (χ0n) is 15.6. The molecule has 3 rings (SSSR count). The maximum atomic E-state index is 13.0. The number of carbonyl (C=O) groups excluding carboxylic acids is 2. The van der Waals surface area contributed by atoms with Crippen LogP contribution in [0.1, 0.15) is 17.9 Å². The van der Waals surface area contributed by atoms with Crippen LogP contribution < -0.4 is 15.4 Å². The van der Waals surface area contributed by atoms with Gasteiger partial charge in [-0.15, -0.1) is 0 Å². The highest BCUT2D eigenvalue weighted by Gasteiger charge is 2.31. The number of para-hydroxylation sites is 1. The highest BCUT2D eigenvalue weighted by molar-refractivity contribution is 8.03. The predicted octanol–water partition coefficient (Wildman–Crippen LogP) is 3.54. The summed E-state index contributed by atoms with van der Waals surface area (Å²) in [4.78, 5) is 24.4. The largest absolute Gasteiger partial charge is 0.496 e. The van der Waals surface area contributed by atoms with Crippen LogP contribution in [0.5, 0.6) is 5.75 Å². The number of nitrogens with one attached hydrogen (secondary N) is 2. The number of anilines is 1. The summed E-state index contributed by atoms with van der Waals surface area (Å²) in [5, 5.41) is 15.4. The van der Waals surface area contributed by atoms with E-state index in [2.05, 4.69) is 16.7 Å². The van der Waals surface area contributed by atoms with Crippen LogP contribution in [0, 0.1) is 17.1 Å². The summed E-state index contributed by atoms with van der Waals surface area (Å²) in [6, 6.07) is 14.8. The summed E-state index contributed by atoms with van der Waals surface area (Å²) in [5.74, 6) is -0.836. The smallest absolute Gasteiger partial charge is 0.234 e. The summed E-state index contributed by atoms with van der Waals surface area (Å²) < 4.78 is 18.3. The van der Waals surface area contributed by atoms with Gasteiger partial charge in [0.15, 0.2) is 0 Å². The van der Waals surface area contributed by atoms with Crippen molar-refractivity contribution in [3.63, 3.8) is 0 Å². The van der Waals surface area contributed by atoms with Gasteiger partial charge in [-0.1, -0.05) is 30.0 Å². The number of halogens is 1. The molecule has 0 spiro atoms. The summed E-state index contributed by atoms with van der Waals surface area (Å²) in [5.41, 5.74) is 1.59. The lowest BCUT2D eigenvalue weighted by Gasteiger charge is -2.26. The molecule has 0 unspecified atom stereocenters. The summed E-state index contributed by atoms with van der Waals surface area (Å²) in [6.45, 7) is 0. The van der Waals surface area contributed by atoms with Crippen LogP contribution in [0.15, 0.2) is 59.1 Å². The van der Waals surface area contributed by atoms with Crippen molar-refractivity contribution >= 4 is 29.3 Å². The van der Waals surface area contributed by atoms with Crippen molar-refractivity contribution < 1.29 is 18.7 Å². The molecule has 2 N–H and O–H groups in total. The van der Waals surface area contributed by atoms with Gasteiger partial charge in [-0.25, -0.2) is 4.39 Å². The van der Waals surface area contributed by atoms with Gasteiger partial charge in [-0.05, 0) is 30.3 Å². The molecule has 8 heteroatoms. The molecule has 1 heterocycles. The van der Waals surface area contributed by atoms with Gasteiger partial charge in [0.25, 0.3) is 0 Å². The minimum atomic E-state index is -0.451. The Morgan fingerprint density at radius 2 is 2.03 bits per heavy atom. The molecular formula is C21H18FN3O3S. The number of amides is 2. The molecule has 0 aromatic heterocycles. The molecule has 0 fully saturated rings. The van der Waals surface area contributed by atoms with E-state index >= 15 is 0 Å². The van der Waals surface area contributed by atoms with Gasteiger partial charge in [0.1, 0.15) is 11.6 Å². The molecule has 0 saturated carbocycles. The minimum absolute atomic E-state index is 0.0170. The Hall–Kier alpha value is -3.31. The zero-order chi connectivity index (χ0) is 20.8. The SMILES string of the molecule is COc1ccccc1[C@H]1CC(=O)NC(SCC(=O)Nc2ccc(F)cc2)=C1C#N. The molecule has 1 aliphatic rings. The highest BCUT2D eigenvalue weighted by Crippen LogP contribution is 2.39. The van der Waals surface area contributed by atoms with Crippen molar-refractivity contribution in [2.75, 3.05) is 18.2 Å². The van der Waals surface area contributed by atoms with Crippen LogP contribution in [-0.2, 0) is 9.59 Å². The molecule has 6 nitrogen and oxygen atoms in total. The molecule has 2 amide bonds. The molecule has 0 bridgehead atoms. The van der Waals surface area contributed by atoms with Crippen LogP contribution in [0.2, 0.25) is 0 Å². The number of rotatable bonds is 6. The Balaban J connectivity index is 1.78. The average Bonchev–Trinajstić information content (AvgIpc) is 2.73. The first kappa shape index (κ1) is 20.4. The average molecular weight is 411 g/mol. The predicted molar refractivity (Wildman–Crippen MR) is 109 cm³/mol. The van der Waals surface area contributed by atoms with Crippen molar-refractivity contribution in [1.29, 1.82) is 5.26 Å². The molecule has 1 atom stereocenters. The molecule has 0 aliphatic carbocycles. The Kier molecular flexibility index (Phi) is 6.52. The van der Waals surface area contributed by atoms with E-state index in [0.717, 1.165) is 17.3 Å². The maximum Gasteiger partial charge on any atom is 0.234 e. The Morgan fingerprint density at radius 1 is 1.31 bits per heavy atom. The van der Waals surface area contributed by atoms with Crippen molar-refractivity contribution in [1.82, 2.24) is 5.32 Å². The first-order valence-corrected chi connectivity index (χ1v) is 9.75. The number of hydrogen-bond donors (Lipinski definition) is 2. The zero-order valence-corrected chi connectivity index (χ0v) is 16.4. The Bertz CT molecular complexity index is 999. The fourth-order valence-corrected chi connectivity index (χ4v) is 3.90. The topological polar surface area (TPSA) is 91.2 Å². The minimum Gasteiger partial charge on any atom is -0.496 e. The first-order valence-electron chi connectivity index (χ1n) is 8.77. The normalized spacial score (nSPS) is 16.0. The standard InChI is InChI=1S/C21H18FN3O3S/c1-28-18-5-3-2-4-15(18)16-10-19(26)25-21(17(16)11-23)29-12-20(27)24-14-8-6-13(22)7-9-14/h2-9,16H,10,12H2,1H3,(H,24,27)(H,25,26)/t16-/m1/s1. The van der Waals surface area contributed by atoms with Crippen LogP contribution in [0.4, 0.5) is 10.1 Å². The number of carbonyl (C=O) groups is 2. The molecule has 2 aromatic rings. The summed E-state index contributed by atoms with van der Waals surface area (Å²) >= 11 is 1.07. The second-order valence-corrected chi connectivity index (χ2v) is 7.23. The third-order valence-electron chi connectivity index (χ3n) is 4.35. The second kappa shape index (κ2) is 9.26. The van der Waals surface area contributed by atoms with Gasteiger partial charge in [0.05, 0.1) is 29.5 Å². The molecule has 0 saturated heterocycles. The molecule has 2 aromatic carbocycles. The number of nitriles is 1. The quantitative estimate of drug-likeness (QED) is 0.759. The molecular weight excluding hydrogens is 393 g/mol. The number of nitrogens with zero attached hydrogens (tertiary/aromatic N) is 1. The van der Waals surface area contributed by atoms with Crippen molar-refractivity contribution in [3.05, 3.63) is 70.5 Å². The Labute approximate surface area is 171 Å². The van der Waals surface area contributed by atoms with Crippen LogP contribution in [-0.4, -0.2) is 24.7 Å². The van der Waals surface area contributed by atoms with E-state index in [-0.39, 0.29) is 24.0 Å². The lowest BCUT2D eigenvalue weighted by molar-refractivity contribution is -0.121. The molecule has 29 heavy (non-hydrogen) atoms. The van der Waals surface area contributed by atoms with E-state index in [1.165, 1.54) is 31.4 Å². The number of benzene rings is 2. The third-order valence-corrected chi connectivity index (χ3v) is 5.36. The van der Waals surface area contributed by atoms with Gasteiger partial charge in [-0.3, -0.25) is 9.59 Å². The maximum absolute atomic E-state index is 13.0. The van der Waals surface area contributed by atoms with E-state index in [1.807, 2.05) is 18.2 Å². The lowest BCUT2D eigenvalue weighted by atomic mass is 9.86. The van der Waals surface area contributed by atoms with E-state index in [0.29, 0.717) is 22.0 Å². The summed E-state index contributed by atoms with van der Waals surface area (Å²) in [7, 11) is 1.53. The lowest BCUT2D eigenvalue weighted by Crippen LogP contribution is -2.31. The van der Waals surface area contributed by atoms with Gasteiger partial charge in [0.2, 0.25) is 11.8 Å². The molecule has 1 aliphatic heterocycles. The van der Waals surface area contributed by atoms with Gasteiger partial charge < -0.3 is 15.4 Å². The van der Waals surface area contributed by atoms with Crippen molar-refractivity contribution in [2.45, 2.75) is 12.3 Å².